The second kappa shape index (κ2) is 6.04. The lowest BCUT2D eigenvalue weighted by Gasteiger charge is -2.19. The number of benzene rings is 2. The third-order valence-corrected chi connectivity index (χ3v) is 4.65. The third kappa shape index (κ3) is 2.36. The third-order valence-electron chi connectivity index (χ3n) is 4.65. The standard InChI is InChI=1S/C19H20O6/c1-10-12-6-14-15(25-9-24-14)7-13(12)17-11(8-23-10)5-16(20-2)18(21-3)19(17)22-4/h5-7,10H,8-9H2,1-4H3/t10-/m1/s1. The maximum atomic E-state index is 6.04. The molecule has 0 saturated heterocycles. The molecule has 25 heavy (non-hydrogen) atoms. The fourth-order valence-electron chi connectivity index (χ4n) is 3.43. The molecule has 0 N–H and O–H groups in total. The molecule has 132 valence electrons. The lowest BCUT2D eigenvalue weighted by atomic mass is 9.92. The van der Waals surface area contributed by atoms with E-state index < -0.39 is 0 Å². The van der Waals surface area contributed by atoms with Crippen molar-refractivity contribution in [2.45, 2.75) is 19.6 Å². The van der Waals surface area contributed by atoms with Gasteiger partial charge in [-0.15, -0.1) is 0 Å². The summed E-state index contributed by atoms with van der Waals surface area (Å²) >= 11 is 0. The first-order chi connectivity index (χ1) is 12.2. The van der Waals surface area contributed by atoms with Gasteiger partial charge in [0.15, 0.2) is 23.0 Å². The van der Waals surface area contributed by atoms with Crippen LogP contribution < -0.4 is 23.7 Å². The Hall–Kier alpha value is -2.60. The van der Waals surface area contributed by atoms with Crippen molar-refractivity contribution in [2.75, 3.05) is 28.1 Å². The maximum Gasteiger partial charge on any atom is 0.231 e. The topological polar surface area (TPSA) is 55.4 Å². The molecular formula is C19H20O6. The summed E-state index contributed by atoms with van der Waals surface area (Å²) in [6.45, 7) is 2.69. The number of ether oxygens (including phenoxy) is 6. The van der Waals surface area contributed by atoms with Gasteiger partial charge in [-0.1, -0.05) is 0 Å². The molecule has 0 bridgehead atoms. The molecule has 0 amide bonds. The van der Waals surface area contributed by atoms with Crippen molar-refractivity contribution in [2.24, 2.45) is 0 Å². The van der Waals surface area contributed by atoms with Gasteiger partial charge in [-0.05, 0) is 41.8 Å². The minimum atomic E-state index is -0.0985. The van der Waals surface area contributed by atoms with Crippen LogP contribution in [0.3, 0.4) is 0 Å². The largest absolute Gasteiger partial charge is 0.493 e. The van der Waals surface area contributed by atoms with Crippen molar-refractivity contribution in [1.82, 2.24) is 0 Å². The highest BCUT2D eigenvalue weighted by atomic mass is 16.7. The van der Waals surface area contributed by atoms with Crippen LogP contribution in [0.4, 0.5) is 0 Å². The Kier molecular flexibility index (Phi) is 3.84. The first kappa shape index (κ1) is 15.9. The van der Waals surface area contributed by atoms with Crippen LogP contribution in [-0.2, 0) is 11.3 Å². The van der Waals surface area contributed by atoms with Gasteiger partial charge in [0.2, 0.25) is 12.5 Å². The lowest BCUT2D eigenvalue weighted by molar-refractivity contribution is 0.0548. The molecule has 0 aliphatic carbocycles. The summed E-state index contributed by atoms with van der Waals surface area (Å²) in [7, 11) is 4.83. The Balaban J connectivity index is 2.04. The zero-order chi connectivity index (χ0) is 17.6. The Morgan fingerprint density at radius 1 is 0.920 bits per heavy atom. The Labute approximate surface area is 146 Å². The number of methoxy groups -OCH3 is 3. The molecule has 2 aromatic carbocycles. The monoisotopic (exact) mass is 344 g/mol. The van der Waals surface area contributed by atoms with E-state index in [1.165, 1.54) is 0 Å². The van der Waals surface area contributed by atoms with E-state index in [0.29, 0.717) is 23.9 Å². The van der Waals surface area contributed by atoms with Gasteiger partial charge in [0.05, 0.1) is 34.0 Å². The Morgan fingerprint density at radius 3 is 2.32 bits per heavy atom. The molecule has 0 fully saturated rings. The summed E-state index contributed by atoms with van der Waals surface area (Å²) in [6, 6.07) is 5.90. The van der Waals surface area contributed by atoms with Crippen molar-refractivity contribution in [3.05, 3.63) is 29.3 Å². The molecule has 0 unspecified atom stereocenters. The summed E-state index contributed by atoms with van der Waals surface area (Å²) in [6.07, 6.45) is -0.0985. The van der Waals surface area contributed by atoms with Crippen LogP contribution in [0.1, 0.15) is 24.2 Å². The van der Waals surface area contributed by atoms with Crippen LogP contribution in [0.2, 0.25) is 0 Å². The van der Waals surface area contributed by atoms with Crippen LogP contribution in [-0.4, -0.2) is 28.1 Å². The molecule has 0 spiro atoms. The zero-order valence-electron chi connectivity index (χ0n) is 14.7. The number of hydrogen-bond donors (Lipinski definition) is 0. The first-order valence-electron chi connectivity index (χ1n) is 8.05. The van der Waals surface area contributed by atoms with Crippen molar-refractivity contribution in [3.8, 4) is 39.9 Å². The molecule has 0 radical (unpaired) electrons. The van der Waals surface area contributed by atoms with E-state index in [9.17, 15) is 0 Å². The van der Waals surface area contributed by atoms with E-state index in [1.54, 1.807) is 21.3 Å². The van der Waals surface area contributed by atoms with Gasteiger partial charge in [0, 0.05) is 5.56 Å². The molecule has 2 aromatic rings. The van der Waals surface area contributed by atoms with Crippen molar-refractivity contribution in [3.63, 3.8) is 0 Å². The molecule has 0 aromatic heterocycles. The van der Waals surface area contributed by atoms with E-state index in [1.807, 2.05) is 25.1 Å². The fourth-order valence-corrected chi connectivity index (χ4v) is 3.43. The smallest absolute Gasteiger partial charge is 0.231 e. The molecule has 2 heterocycles. The second-order valence-corrected chi connectivity index (χ2v) is 5.93. The van der Waals surface area contributed by atoms with E-state index in [0.717, 1.165) is 33.8 Å². The molecule has 2 aliphatic rings. The van der Waals surface area contributed by atoms with Crippen molar-refractivity contribution in [1.29, 1.82) is 0 Å². The highest BCUT2D eigenvalue weighted by molar-refractivity contribution is 5.83. The molecule has 0 saturated carbocycles. The van der Waals surface area contributed by atoms with Crippen LogP contribution in [0.15, 0.2) is 18.2 Å². The lowest BCUT2D eigenvalue weighted by Crippen LogP contribution is -2.01. The highest BCUT2D eigenvalue weighted by Crippen LogP contribution is 2.52. The number of fused-ring (bicyclic) bond motifs is 4. The van der Waals surface area contributed by atoms with Gasteiger partial charge < -0.3 is 28.4 Å². The Morgan fingerprint density at radius 2 is 1.64 bits per heavy atom. The summed E-state index contributed by atoms with van der Waals surface area (Å²) < 4.78 is 33.9. The van der Waals surface area contributed by atoms with E-state index >= 15 is 0 Å². The second-order valence-electron chi connectivity index (χ2n) is 5.93. The maximum absolute atomic E-state index is 6.04. The molecule has 1 atom stereocenters. The molecule has 4 rings (SSSR count). The molecule has 6 heteroatoms. The molecular weight excluding hydrogens is 324 g/mol. The predicted molar refractivity (Wildman–Crippen MR) is 90.9 cm³/mol. The van der Waals surface area contributed by atoms with Gasteiger partial charge >= 0.3 is 0 Å². The highest BCUT2D eigenvalue weighted by Gasteiger charge is 2.30. The zero-order valence-corrected chi connectivity index (χ0v) is 14.7. The van der Waals surface area contributed by atoms with Gasteiger partial charge in [0.25, 0.3) is 0 Å². The SMILES string of the molecule is COc1cc2c(c(OC)c1OC)-c1cc3c(cc1[C@@H](C)OC2)OCO3. The Bertz CT molecular complexity index is 829. The van der Waals surface area contributed by atoms with Crippen LogP contribution in [0.25, 0.3) is 11.1 Å². The van der Waals surface area contributed by atoms with Gasteiger partial charge in [-0.3, -0.25) is 0 Å². The summed E-state index contributed by atoms with van der Waals surface area (Å²) in [5, 5.41) is 0. The minimum absolute atomic E-state index is 0.0985. The fraction of sp³-hybridized carbons (Fsp3) is 0.368. The average molecular weight is 344 g/mol. The summed E-state index contributed by atoms with van der Waals surface area (Å²) in [5.41, 5.74) is 3.91. The summed E-state index contributed by atoms with van der Waals surface area (Å²) in [5.74, 6) is 3.24. The predicted octanol–water partition coefficient (Wildman–Crippen LogP) is 3.70. The number of hydrogen-bond acceptors (Lipinski definition) is 6. The molecule has 2 aliphatic heterocycles. The van der Waals surface area contributed by atoms with E-state index in [4.69, 9.17) is 28.4 Å². The summed E-state index contributed by atoms with van der Waals surface area (Å²) in [4.78, 5) is 0. The van der Waals surface area contributed by atoms with Crippen molar-refractivity contribution >= 4 is 0 Å². The van der Waals surface area contributed by atoms with Crippen LogP contribution >= 0.6 is 0 Å². The van der Waals surface area contributed by atoms with Gasteiger partial charge in [-0.25, -0.2) is 0 Å². The van der Waals surface area contributed by atoms with Crippen LogP contribution in [0, 0.1) is 0 Å². The quantitative estimate of drug-likeness (QED) is 0.846. The van der Waals surface area contributed by atoms with Gasteiger partial charge in [0.1, 0.15) is 0 Å². The minimum Gasteiger partial charge on any atom is -0.493 e. The normalized spacial score (nSPS) is 17.4. The van der Waals surface area contributed by atoms with Crippen molar-refractivity contribution < 1.29 is 28.4 Å². The van der Waals surface area contributed by atoms with E-state index in [-0.39, 0.29) is 12.9 Å². The average Bonchev–Trinajstić information content (AvgIpc) is 3.05. The molecule has 6 nitrogen and oxygen atoms in total. The van der Waals surface area contributed by atoms with Gasteiger partial charge in [-0.2, -0.15) is 0 Å². The van der Waals surface area contributed by atoms with E-state index in [2.05, 4.69) is 0 Å². The van der Waals surface area contributed by atoms with Crippen LogP contribution in [0.5, 0.6) is 28.7 Å². The first-order valence-corrected chi connectivity index (χ1v) is 8.05. The number of rotatable bonds is 3.